The zero-order valence-corrected chi connectivity index (χ0v) is 15.7. The third-order valence-electron chi connectivity index (χ3n) is 4.58. The highest BCUT2D eigenvalue weighted by Crippen LogP contribution is 2.24. The van der Waals surface area contributed by atoms with Gasteiger partial charge in [0, 0.05) is 28.4 Å². The second-order valence-electron chi connectivity index (χ2n) is 6.62. The monoisotopic (exact) mass is 372 g/mol. The van der Waals surface area contributed by atoms with E-state index < -0.39 is 11.8 Å². The van der Waals surface area contributed by atoms with Crippen molar-refractivity contribution in [2.75, 3.05) is 5.32 Å². The molecule has 2 aromatic carbocycles. The van der Waals surface area contributed by atoms with Crippen molar-refractivity contribution in [1.29, 1.82) is 5.26 Å². The van der Waals surface area contributed by atoms with Crippen LogP contribution in [0.4, 0.5) is 5.69 Å². The van der Waals surface area contributed by atoms with Crippen LogP contribution in [0.5, 0.6) is 0 Å². The van der Waals surface area contributed by atoms with E-state index in [0.29, 0.717) is 11.3 Å². The van der Waals surface area contributed by atoms with E-state index in [4.69, 9.17) is 5.73 Å². The van der Waals surface area contributed by atoms with Gasteiger partial charge in [-0.1, -0.05) is 24.3 Å². The molecule has 0 aliphatic carbocycles. The molecule has 1 heterocycles. The SMILES string of the molecule is Cc1ccc(NC(=O)/C(C#N)=C\c2cn(CC(N)=O)c3ccccc23)cc1C. The first-order valence-electron chi connectivity index (χ1n) is 8.75. The number of hydrogen-bond donors (Lipinski definition) is 2. The van der Waals surface area contributed by atoms with Gasteiger partial charge in [0.1, 0.15) is 18.2 Å². The first-order valence-corrected chi connectivity index (χ1v) is 8.75. The number of carbonyl (C=O) groups excluding carboxylic acids is 2. The Morgan fingerprint density at radius 1 is 1.18 bits per heavy atom. The van der Waals surface area contributed by atoms with Gasteiger partial charge in [0.05, 0.1) is 0 Å². The fourth-order valence-corrected chi connectivity index (χ4v) is 3.01. The molecule has 0 bridgehead atoms. The maximum absolute atomic E-state index is 12.6. The third-order valence-corrected chi connectivity index (χ3v) is 4.58. The molecule has 0 saturated heterocycles. The summed E-state index contributed by atoms with van der Waals surface area (Å²) in [6.07, 6.45) is 3.24. The van der Waals surface area contributed by atoms with Crippen molar-refractivity contribution < 1.29 is 9.59 Å². The number of nitrogens with two attached hydrogens (primary N) is 1. The lowest BCUT2D eigenvalue weighted by Crippen LogP contribution is -2.17. The number of aryl methyl sites for hydroxylation is 2. The Morgan fingerprint density at radius 3 is 2.61 bits per heavy atom. The molecular formula is C22H20N4O2. The van der Waals surface area contributed by atoms with Crippen molar-refractivity contribution in [3.8, 4) is 6.07 Å². The average molecular weight is 372 g/mol. The van der Waals surface area contributed by atoms with Crippen LogP contribution in [0.3, 0.4) is 0 Å². The van der Waals surface area contributed by atoms with Gasteiger partial charge >= 0.3 is 0 Å². The van der Waals surface area contributed by atoms with Crippen LogP contribution in [0.1, 0.15) is 16.7 Å². The summed E-state index contributed by atoms with van der Waals surface area (Å²) >= 11 is 0. The molecule has 0 atom stereocenters. The maximum Gasteiger partial charge on any atom is 0.266 e. The van der Waals surface area contributed by atoms with E-state index in [-0.39, 0.29) is 12.1 Å². The Labute approximate surface area is 162 Å². The zero-order chi connectivity index (χ0) is 20.3. The van der Waals surface area contributed by atoms with Gasteiger partial charge in [-0.15, -0.1) is 0 Å². The lowest BCUT2D eigenvalue weighted by Gasteiger charge is -2.07. The number of primary amides is 1. The van der Waals surface area contributed by atoms with Crippen molar-refractivity contribution in [2.24, 2.45) is 5.73 Å². The van der Waals surface area contributed by atoms with Crippen molar-refractivity contribution in [3.63, 3.8) is 0 Å². The number of benzene rings is 2. The maximum atomic E-state index is 12.6. The van der Waals surface area contributed by atoms with Crippen LogP contribution >= 0.6 is 0 Å². The van der Waals surface area contributed by atoms with Gasteiger partial charge in [0.2, 0.25) is 5.91 Å². The molecule has 0 unspecified atom stereocenters. The van der Waals surface area contributed by atoms with E-state index in [9.17, 15) is 14.9 Å². The minimum absolute atomic E-state index is 0.0189. The Bertz CT molecular complexity index is 1150. The van der Waals surface area contributed by atoms with Crippen molar-refractivity contribution >= 4 is 34.5 Å². The second kappa shape index (κ2) is 7.80. The molecule has 0 spiro atoms. The molecule has 6 heteroatoms. The second-order valence-corrected chi connectivity index (χ2v) is 6.62. The smallest absolute Gasteiger partial charge is 0.266 e. The number of nitrogens with zero attached hydrogens (tertiary/aromatic N) is 2. The molecule has 2 amide bonds. The van der Waals surface area contributed by atoms with Crippen LogP contribution in [-0.2, 0) is 16.1 Å². The molecule has 0 saturated carbocycles. The van der Waals surface area contributed by atoms with Gasteiger partial charge in [-0.25, -0.2) is 0 Å². The number of nitrogens with one attached hydrogen (secondary N) is 1. The van der Waals surface area contributed by atoms with Crippen LogP contribution in [0, 0.1) is 25.2 Å². The van der Waals surface area contributed by atoms with E-state index in [0.717, 1.165) is 22.0 Å². The summed E-state index contributed by atoms with van der Waals surface area (Å²) in [5.74, 6) is -0.957. The number of amides is 2. The van der Waals surface area contributed by atoms with Gasteiger partial charge in [0.25, 0.3) is 5.91 Å². The minimum atomic E-state index is -0.488. The number of aromatic nitrogens is 1. The minimum Gasteiger partial charge on any atom is -0.368 e. The molecule has 0 radical (unpaired) electrons. The fraction of sp³-hybridized carbons (Fsp3) is 0.136. The van der Waals surface area contributed by atoms with Crippen LogP contribution < -0.4 is 11.1 Å². The molecule has 3 aromatic rings. The van der Waals surface area contributed by atoms with E-state index in [2.05, 4.69) is 5.32 Å². The predicted molar refractivity (Wildman–Crippen MR) is 109 cm³/mol. The lowest BCUT2D eigenvalue weighted by molar-refractivity contribution is -0.118. The third kappa shape index (κ3) is 3.94. The molecule has 0 aliphatic heterocycles. The summed E-state index contributed by atoms with van der Waals surface area (Å²) in [6.45, 7) is 3.97. The van der Waals surface area contributed by atoms with Gasteiger partial charge in [0.15, 0.2) is 0 Å². The van der Waals surface area contributed by atoms with E-state index in [1.165, 1.54) is 6.08 Å². The van der Waals surface area contributed by atoms with Crippen LogP contribution in [0.2, 0.25) is 0 Å². The van der Waals surface area contributed by atoms with Gasteiger partial charge in [-0.05, 0) is 49.2 Å². The highest BCUT2D eigenvalue weighted by atomic mass is 16.2. The van der Waals surface area contributed by atoms with Crippen molar-refractivity contribution in [2.45, 2.75) is 20.4 Å². The fourth-order valence-electron chi connectivity index (χ4n) is 3.01. The molecule has 3 rings (SSSR count). The number of nitriles is 1. The average Bonchev–Trinajstić information content (AvgIpc) is 2.99. The predicted octanol–water partition coefficient (Wildman–Crippen LogP) is 3.29. The molecule has 140 valence electrons. The number of hydrogen-bond acceptors (Lipinski definition) is 3. The van der Waals surface area contributed by atoms with Crippen molar-refractivity contribution in [3.05, 3.63) is 70.9 Å². The first-order chi connectivity index (χ1) is 13.4. The number of rotatable bonds is 5. The molecule has 0 aliphatic rings. The standard InChI is InChI=1S/C22H20N4O2/c1-14-7-8-18(9-15(14)2)25-22(28)16(11-23)10-17-12-26(13-21(24)27)20-6-4-3-5-19(17)20/h3-10,12H,13H2,1-2H3,(H2,24,27)(H,25,28)/b16-10-. The van der Waals surface area contributed by atoms with E-state index >= 15 is 0 Å². The molecule has 0 fully saturated rings. The highest BCUT2D eigenvalue weighted by molar-refractivity contribution is 6.10. The van der Waals surface area contributed by atoms with Crippen LogP contribution in [-0.4, -0.2) is 16.4 Å². The number of fused-ring (bicyclic) bond motifs is 1. The lowest BCUT2D eigenvalue weighted by atomic mass is 10.1. The summed E-state index contributed by atoms with van der Waals surface area (Å²) in [4.78, 5) is 23.9. The number of para-hydroxylation sites is 1. The van der Waals surface area contributed by atoms with E-state index in [1.807, 2.05) is 56.3 Å². The van der Waals surface area contributed by atoms with Crippen LogP contribution in [0.25, 0.3) is 17.0 Å². The van der Waals surface area contributed by atoms with Gasteiger partial charge in [-0.2, -0.15) is 5.26 Å². The number of anilines is 1. The molecular weight excluding hydrogens is 352 g/mol. The van der Waals surface area contributed by atoms with Gasteiger partial charge < -0.3 is 15.6 Å². The van der Waals surface area contributed by atoms with Gasteiger partial charge in [-0.3, -0.25) is 9.59 Å². The first kappa shape index (κ1) is 18.9. The Kier molecular flexibility index (Phi) is 5.28. The molecule has 28 heavy (non-hydrogen) atoms. The topological polar surface area (TPSA) is 101 Å². The summed E-state index contributed by atoms with van der Waals surface area (Å²) in [7, 11) is 0. The summed E-state index contributed by atoms with van der Waals surface area (Å²) in [5, 5.41) is 13.1. The zero-order valence-electron chi connectivity index (χ0n) is 15.7. The Balaban J connectivity index is 1.96. The number of carbonyl (C=O) groups is 2. The summed E-state index contributed by atoms with van der Waals surface area (Å²) in [5.41, 5.74) is 9.57. The Morgan fingerprint density at radius 2 is 1.93 bits per heavy atom. The summed E-state index contributed by atoms with van der Waals surface area (Å²) < 4.78 is 1.71. The van der Waals surface area contributed by atoms with E-state index in [1.54, 1.807) is 16.8 Å². The normalized spacial score (nSPS) is 11.2. The highest BCUT2D eigenvalue weighted by Gasteiger charge is 2.13. The van der Waals surface area contributed by atoms with Crippen LogP contribution in [0.15, 0.2) is 54.2 Å². The molecule has 1 aromatic heterocycles. The summed E-state index contributed by atoms with van der Waals surface area (Å²) in [6, 6.07) is 15.0. The molecule has 6 nitrogen and oxygen atoms in total. The van der Waals surface area contributed by atoms with Crippen molar-refractivity contribution in [1.82, 2.24) is 4.57 Å². The molecule has 3 N–H and O–H groups in total. The largest absolute Gasteiger partial charge is 0.368 e. The Hall–Kier alpha value is -3.85. The quantitative estimate of drug-likeness (QED) is 0.531.